The van der Waals surface area contributed by atoms with Crippen molar-refractivity contribution in [2.75, 3.05) is 14.2 Å². The molecule has 90 valence electrons. The third-order valence-corrected chi connectivity index (χ3v) is 2.46. The van der Waals surface area contributed by atoms with E-state index in [-0.39, 0.29) is 28.1 Å². The van der Waals surface area contributed by atoms with E-state index >= 15 is 0 Å². The predicted octanol–water partition coefficient (Wildman–Crippen LogP) is 1.82. The van der Waals surface area contributed by atoms with E-state index in [1.54, 1.807) is 6.92 Å². The number of hydrogen-bond acceptors (Lipinski definition) is 5. The minimum Gasteiger partial charge on any atom is -0.502 e. The summed E-state index contributed by atoms with van der Waals surface area (Å²) in [6.45, 7) is 1.67. The fraction of sp³-hybridized carbons (Fsp3) is 0.250. The molecule has 0 radical (unpaired) electrons. The molecule has 17 heavy (non-hydrogen) atoms. The number of benzene rings is 1. The normalized spacial score (nSPS) is 10.5. The van der Waals surface area contributed by atoms with E-state index < -0.39 is 0 Å². The van der Waals surface area contributed by atoms with Crippen LogP contribution < -0.4 is 14.9 Å². The van der Waals surface area contributed by atoms with Crippen LogP contribution in [-0.4, -0.2) is 19.3 Å². The Morgan fingerprint density at radius 2 is 1.94 bits per heavy atom. The van der Waals surface area contributed by atoms with Crippen LogP contribution in [0.25, 0.3) is 11.0 Å². The molecule has 0 aliphatic carbocycles. The third-order valence-electron chi connectivity index (χ3n) is 2.46. The highest BCUT2D eigenvalue weighted by molar-refractivity contribution is 5.88. The van der Waals surface area contributed by atoms with Gasteiger partial charge in [0, 0.05) is 12.1 Å². The summed E-state index contributed by atoms with van der Waals surface area (Å²) in [4.78, 5) is 11.8. The van der Waals surface area contributed by atoms with Crippen LogP contribution in [0.2, 0.25) is 0 Å². The molecule has 1 heterocycles. The van der Waals surface area contributed by atoms with Gasteiger partial charge in [0.25, 0.3) is 0 Å². The van der Waals surface area contributed by atoms with Gasteiger partial charge in [-0.3, -0.25) is 4.79 Å². The van der Waals surface area contributed by atoms with Crippen LogP contribution in [0.1, 0.15) is 5.76 Å². The molecule has 5 nitrogen and oxygen atoms in total. The van der Waals surface area contributed by atoms with Gasteiger partial charge < -0.3 is 19.0 Å². The zero-order valence-electron chi connectivity index (χ0n) is 9.73. The molecule has 1 aromatic heterocycles. The van der Waals surface area contributed by atoms with Gasteiger partial charge in [0.2, 0.25) is 5.75 Å². The Kier molecular flexibility index (Phi) is 2.67. The average molecular weight is 236 g/mol. The molecule has 0 amide bonds. The number of fused-ring (bicyclic) bond motifs is 1. The summed E-state index contributed by atoms with van der Waals surface area (Å²) in [5.74, 6) is 0.534. The van der Waals surface area contributed by atoms with Crippen LogP contribution in [0.3, 0.4) is 0 Å². The number of rotatable bonds is 2. The highest BCUT2D eigenvalue weighted by Crippen LogP contribution is 2.41. The van der Waals surface area contributed by atoms with E-state index in [0.717, 1.165) is 0 Å². The molecule has 0 bridgehead atoms. The minimum absolute atomic E-state index is 0.0631. The summed E-state index contributed by atoms with van der Waals surface area (Å²) < 4.78 is 15.4. The van der Waals surface area contributed by atoms with Crippen molar-refractivity contribution in [3.05, 3.63) is 28.1 Å². The molecular weight excluding hydrogens is 224 g/mol. The van der Waals surface area contributed by atoms with Crippen molar-refractivity contribution in [2.24, 2.45) is 0 Å². The van der Waals surface area contributed by atoms with Gasteiger partial charge in [0.1, 0.15) is 16.7 Å². The van der Waals surface area contributed by atoms with Crippen molar-refractivity contribution in [2.45, 2.75) is 6.92 Å². The van der Waals surface area contributed by atoms with Crippen LogP contribution in [0.5, 0.6) is 17.2 Å². The molecule has 0 aliphatic rings. The van der Waals surface area contributed by atoms with Crippen molar-refractivity contribution < 1.29 is 19.0 Å². The summed E-state index contributed by atoms with van der Waals surface area (Å²) in [5, 5.41) is 10.1. The molecule has 0 unspecified atom stereocenters. The first-order valence-corrected chi connectivity index (χ1v) is 4.97. The zero-order valence-corrected chi connectivity index (χ0v) is 9.73. The third kappa shape index (κ3) is 1.69. The van der Waals surface area contributed by atoms with E-state index in [2.05, 4.69) is 0 Å². The molecule has 0 spiro atoms. The topological polar surface area (TPSA) is 68.9 Å². The molecule has 5 heteroatoms. The van der Waals surface area contributed by atoms with Crippen molar-refractivity contribution in [3.63, 3.8) is 0 Å². The second-order valence-corrected chi connectivity index (χ2v) is 3.56. The van der Waals surface area contributed by atoms with E-state index in [1.165, 1.54) is 26.4 Å². The average Bonchev–Trinajstić information content (AvgIpc) is 2.29. The van der Waals surface area contributed by atoms with E-state index in [0.29, 0.717) is 11.3 Å². The van der Waals surface area contributed by atoms with Gasteiger partial charge in [-0.25, -0.2) is 0 Å². The SMILES string of the molecule is COc1cc2oc(C)cc(=O)c2c(OC)c1O. The lowest BCUT2D eigenvalue weighted by Crippen LogP contribution is -2.03. The maximum absolute atomic E-state index is 11.8. The summed E-state index contributed by atoms with van der Waals surface area (Å²) in [5.41, 5.74) is 0.0556. The zero-order chi connectivity index (χ0) is 12.6. The summed E-state index contributed by atoms with van der Waals surface area (Å²) >= 11 is 0. The summed E-state index contributed by atoms with van der Waals surface area (Å²) in [6.07, 6.45) is 0. The highest BCUT2D eigenvalue weighted by Gasteiger charge is 2.18. The largest absolute Gasteiger partial charge is 0.502 e. The summed E-state index contributed by atoms with van der Waals surface area (Å²) in [6, 6.07) is 2.80. The maximum atomic E-state index is 11.8. The van der Waals surface area contributed by atoms with Gasteiger partial charge in [-0.05, 0) is 6.92 Å². The number of ether oxygens (including phenoxy) is 2. The molecule has 1 N–H and O–H groups in total. The number of methoxy groups -OCH3 is 2. The maximum Gasteiger partial charge on any atom is 0.201 e. The standard InChI is InChI=1S/C12H12O5/c1-6-4-7(13)10-8(17-6)5-9(15-2)11(14)12(10)16-3/h4-5,14H,1-3H3. The first-order valence-electron chi connectivity index (χ1n) is 4.97. The molecule has 0 aliphatic heterocycles. The number of aromatic hydroxyl groups is 1. The van der Waals surface area contributed by atoms with Gasteiger partial charge in [-0.2, -0.15) is 0 Å². The van der Waals surface area contributed by atoms with Crippen LogP contribution in [0, 0.1) is 6.92 Å². The molecule has 0 fully saturated rings. The van der Waals surface area contributed by atoms with Crippen molar-refractivity contribution >= 4 is 11.0 Å². The lowest BCUT2D eigenvalue weighted by Gasteiger charge is -2.10. The van der Waals surface area contributed by atoms with Gasteiger partial charge in [0.15, 0.2) is 16.9 Å². The second kappa shape index (κ2) is 4.01. The van der Waals surface area contributed by atoms with Gasteiger partial charge >= 0.3 is 0 Å². The number of hydrogen-bond donors (Lipinski definition) is 1. The van der Waals surface area contributed by atoms with Crippen LogP contribution in [-0.2, 0) is 0 Å². The van der Waals surface area contributed by atoms with Crippen LogP contribution in [0.4, 0.5) is 0 Å². The molecule has 2 rings (SSSR count). The summed E-state index contributed by atoms with van der Waals surface area (Å²) in [7, 11) is 2.78. The Hall–Kier alpha value is -2.17. The van der Waals surface area contributed by atoms with Crippen molar-refractivity contribution in [1.82, 2.24) is 0 Å². The predicted molar refractivity (Wildman–Crippen MR) is 62.0 cm³/mol. The molecule has 0 saturated carbocycles. The number of aryl methyl sites for hydroxylation is 1. The first kappa shape index (κ1) is 11.3. The minimum atomic E-state index is -0.265. The molecule has 0 atom stereocenters. The Labute approximate surface area is 97.2 Å². The molecule has 1 aromatic carbocycles. The first-order chi connectivity index (χ1) is 8.08. The van der Waals surface area contributed by atoms with Gasteiger partial charge in [-0.15, -0.1) is 0 Å². The second-order valence-electron chi connectivity index (χ2n) is 3.56. The number of phenolic OH excluding ortho intramolecular Hbond substituents is 1. The van der Waals surface area contributed by atoms with Gasteiger partial charge in [-0.1, -0.05) is 0 Å². The smallest absolute Gasteiger partial charge is 0.201 e. The Morgan fingerprint density at radius 1 is 1.24 bits per heavy atom. The van der Waals surface area contributed by atoms with Crippen LogP contribution >= 0.6 is 0 Å². The Morgan fingerprint density at radius 3 is 2.53 bits per heavy atom. The Balaban J connectivity index is 2.98. The molecule has 0 saturated heterocycles. The quantitative estimate of drug-likeness (QED) is 0.861. The highest BCUT2D eigenvalue weighted by atomic mass is 16.5. The number of phenols is 1. The van der Waals surface area contributed by atoms with Crippen molar-refractivity contribution in [1.29, 1.82) is 0 Å². The van der Waals surface area contributed by atoms with Crippen LogP contribution in [0.15, 0.2) is 21.3 Å². The lowest BCUT2D eigenvalue weighted by molar-refractivity contribution is 0.341. The Bertz CT molecular complexity index is 627. The van der Waals surface area contributed by atoms with E-state index in [9.17, 15) is 9.90 Å². The fourth-order valence-corrected chi connectivity index (χ4v) is 1.73. The lowest BCUT2D eigenvalue weighted by atomic mass is 10.1. The van der Waals surface area contributed by atoms with Crippen molar-refractivity contribution in [3.8, 4) is 17.2 Å². The van der Waals surface area contributed by atoms with Gasteiger partial charge in [0.05, 0.1) is 14.2 Å². The molecule has 2 aromatic rings. The fourth-order valence-electron chi connectivity index (χ4n) is 1.73. The van der Waals surface area contributed by atoms with E-state index in [1.807, 2.05) is 0 Å². The molecular formula is C12H12O5. The van der Waals surface area contributed by atoms with E-state index in [4.69, 9.17) is 13.9 Å². The monoisotopic (exact) mass is 236 g/mol.